The molecule has 0 atom stereocenters. The average molecular weight is 371 g/mol. The van der Waals surface area contributed by atoms with Gasteiger partial charge in [0.1, 0.15) is 5.82 Å². The Morgan fingerprint density at radius 2 is 2.00 bits per heavy atom. The van der Waals surface area contributed by atoms with Crippen LogP contribution in [0.5, 0.6) is 0 Å². The summed E-state index contributed by atoms with van der Waals surface area (Å²) in [4.78, 5) is 27.4. The fourth-order valence-corrected chi connectivity index (χ4v) is 3.53. The number of anilines is 1. The molecule has 1 aromatic heterocycles. The zero-order valence-electron chi connectivity index (χ0n) is 14.1. The minimum atomic E-state index is -0.424. The Balaban J connectivity index is 1.79. The molecule has 7 heteroatoms. The van der Waals surface area contributed by atoms with E-state index in [1.807, 2.05) is 19.1 Å². The molecule has 0 saturated carbocycles. The first-order chi connectivity index (χ1) is 12.4. The number of H-pyrrole nitrogens is 1. The summed E-state index contributed by atoms with van der Waals surface area (Å²) in [7, 11) is 0. The van der Waals surface area contributed by atoms with Crippen molar-refractivity contribution in [2.24, 2.45) is 5.73 Å². The van der Waals surface area contributed by atoms with Crippen LogP contribution in [-0.4, -0.2) is 22.6 Å². The molecule has 2 aromatic carbocycles. The van der Waals surface area contributed by atoms with E-state index in [0.717, 1.165) is 21.7 Å². The van der Waals surface area contributed by atoms with E-state index in [4.69, 9.17) is 5.73 Å². The molecule has 3 rings (SSSR count). The lowest BCUT2D eigenvalue weighted by atomic mass is 10.1. The molecule has 1 heterocycles. The SMILES string of the molecule is Cc1[nH]c2ccc(F)cc2c1CC(=O)Nc1ccccc1SCC(N)=O. The summed E-state index contributed by atoms with van der Waals surface area (Å²) in [6.07, 6.45) is 0.115. The van der Waals surface area contributed by atoms with E-state index in [0.29, 0.717) is 11.1 Å². The number of hydrogen-bond acceptors (Lipinski definition) is 3. The van der Waals surface area contributed by atoms with Crippen LogP contribution in [0.3, 0.4) is 0 Å². The third-order valence-electron chi connectivity index (χ3n) is 3.95. The molecule has 26 heavy (non-hydrogen) atoms. The van der Waals surface area contributed by atoms with Crippen molar-refractivity contribution in [1.82, 2.24) is 4.98 Å². The normalized spacial score (nSPS) is 10.8. The Morgan fingerprint density at radius 3 is 2.77 bits per heavy atom. The number of nitrogens with two attached hydrogens (primary N) is 1. The zero-order chi connectivity index (χ0) is 18.7. The smallest absolute Gasteiger partial charge is 0.228 e. The van der Waals surface area contributed by atoms with Crippen molar-refractivity contribution in [2.45, 2.75) is 18.2 Å². The maximum Gasteiger partial charge on any atom is 0.228 e. The van der Waals surface area contributed by atoms with Crippen molar-refractivity contribution in [3.63, 3.8) is 0 Å². The van der Waals surface area contributed by atoms with E-state index in [2.05, 4.69) is 10.3 Å². The maximum atomic E-state index is 13.6. The summed E-state index contributed by atoms with van der Waals surface area (Å²) < 4.78 is 13.6. The number of carbonyl (C=O) groups excluding carboxylic acids is 2. The van der Waals surface area contributed by atoms with Gasteiger partial charge in [-0.3, -0.25) is 9.59 Å². The summed E-state index contributed by atoms with van der Waals surface area (Å²) >= 11 is 1.27. The highest BCUT2D eigenvalue weighted by Crippen LogP contribution is 2.28. The number of aromatic nitrogens is 1. The quantitative estimate of drug-likeness (QED) is 0.581. The Bertz CT molecular complexity index is 984. The Hall–Kier alpha value is -2.80. The number of para-hydroxylation sites is 1. The Labute approximate surface area is 154 Å². The summed E-state index contributed by atoms with van der Waals surface area (Å²) in [6, 6.07) is 11.7. The molecule has 3 aromatic rings. The molecule has 0 bridgehead atoms. The molecule has 0 radical (unpaired) electrons. The van der Waals surface area contributed by atoms with Crippen molar-refractivity contribution in [3.8, 4) is 0 Å². The van der Waals surface area contributed by atoms with Gasteiger partial charge in [-0.05, 0) is 42.8 Å². The van der Waals surface area contributed by atoms with Gasteiger partial charge in [-0.1, -0.05) is 12.1 Å². The lowest BCUT2D eigenvalue weighted by Crippen LogP contribution is -2.16. The van der Waals surface area contributed by atoms with Gasteiger partial charge < -0.3 is 16.0 Å². The molecular weight excluding hydrogens is 353 g/mol. The van der Waals surface area contributed by atoms with Crippen LogP contribution in [0.2, 0.25) is 0 Å². The van der Waals surface area contributed by atoms with E-state index in [-0.39, 0.29) is 23.9 Å². The van der Waals surface area contributed by atoms with Crippen molar-refractivity contribution in [1.29, 1.82) is 0 Å². The summed E-state index contributed by atoms with van der Waals surface area (Å²) in [5.74, 6) is -0.849. The number of nitrogens with one attached hydrogen (secondary N) is 2. The van der Waals surface area contributed by atoms with Crippen LogP contribution in [-0.2, 0) is 16.0 Å². The number of hydrogen-bond donors (Lipinski definition) is 3. The standard InChI is InChI=1S/C19H18FN3O2S/c1-11-13(14-8-12(20)6-7-15(14)22-11)9-19(25)23-16-4-2-3-5-17(16)26-10-18(21)24/h2-8,22H,9-10H2,1H3,(H2,21,24)(H,23,25). The van der Waals surface area contributed by atoms with Gasteiger partial charge in [-0.15, -0.1) is 11.8 Å². The molecule has 0 fully saturated rings. The first-order valence-corrected chi connectivity index (χ1v) is 8.99. The molecule has 0 unspecified atom stereocenters. The second-order valence-corrected chi connectivity index (χ2v) is 6.91. The van der Waals surface area contributed by atoms with Crippen molar-refractivity contribution >= 4 is 40.2 Å². The van der Waals surface area contributed by atoms with E-state index in [1.165, 1.54) is 23.9 Å². The molecule has 134 valence electrons. The van der Waals surface area contributed by atoms with Gasteiger partial charge in [0.25, 0.3) is 0 Å². The number of rotatable bonds is 6. The van der Waals surface area contributed by atoms with Gasteiger partial charge in [0.05, 0.1) is 17.9 Å². The van der Waals surface area contributed by atoms with Crippen molar-refractivity contribution in [3.05, 3.63) is 59.5 Å². The van der Waals surface area contributed by atoms with Crippen LogP contribution in [0.4, 0.5) is 10.1 Å². The highest BCUT2D eigenvalue weighted by Gasteiger charge is 2.14. The maximum absolute atomic E-state index is 13.6. The van der Waals surface area contributed by atoms with Crippen LogP contribution in [0.15, 0.2) is 47.4 Å². The predicted molar refractivity (Wildman–Crippen MR) is 102 cm³/mol. The second kappa shape index (κ2) is 7.61. The molecular formula is C19H18FN3O2S. The van der Waals surface area contributed by atoms with E-state index in [1.54, 1.807) is 18.2 Å². The van der Waals surface area contributed by atoms with Gasteiger partial charge >= 0.3 is 0 Å². The van der Waals surface area contributed by atoms with Gasteiger partial charge in [0.2, 0.25) is 11.8 Å². The van der Waals surface area contributed by atoms with E-state index < -0.39 is 5.91 Å². The average Bonchev–Trinajstić information content (AvgIpc) is 2.89. The topological polar surface area (TPSA) is 88.0 Å². The first-order valence-electron chi connectivity index (χ1n) is 8.00. The summed E-state index contributed by atoms with van der Waals surface area (Å²) in [6.45, 7) is 1.86. The van der Waals surface area contributed by atoms with Gasteiger partial charge in [-0.2, -0.15) is 0 Å². The van der Waals surface area contributed by atoms with E-state index >= 15 is 0 Å². The highest BCUT2D eigenvalue weighted by atomic mass is 32.2. The fraction of sp³-hybridized carbons (Fsp3) is 0.158. The number of aryl methyl sites for hydroxylation is 1. The third-order valence-corrected chi connectivity index (χ3v) is 5.05. The van der Waals surface area contributed by atoms with Crippen molar-refractivity contribution < 1.29 is 14.0 Å². The largest absolute Gasteiger partial charge is 0.369 e. The van der Waals surface area contributed by atoms with Crippen LogP contribution < -0.4 is 11.1 Å². The van der Waals surface area contributed by atoms with Gasteiger partial charge in [0, 0.05) is 21.5 Å². The highest BCUT2D eigenvalue weighted by molar-refractivity contribution is 8.00. The zero-order valence-corrected chi connectivity index (χ0v) is 15.0. The molecule has 0 aliphatic heterocycles. The molecule has 5 nitrogen and oxygen atoms in total. The molecule has 0 aliphatic carbocycles. The number of carbonyl (C=O) groups is 2. The van der Waals surface area contributed by atoms with Crippen molar-refractivity contribution in [2.75, 3.05) is 11.1 Å². The van der Waals surface area contributed by atoms with E-state index in [9.17, 15) is 14.0 Å². The number of halogens is 1. The number of primary amides is 1. The van der Waals surface area contributed by atoms with Gasteiger partial charge in [0.15, 0.2) is 0 Å². The van der Waals surface area contributed by atoms with Crippen LogP contribution in [0.1, 0.15) is 11.3 Å². The number of amides is 2. The minimum Gasteiger partial charge on any atom is -0.369 e. The number of benzene rings is 2. The van der Waals surface area contributed by atoms with Gasteiger partial charge in [-0.25, -0.2) is 4.39 Å². The number of fused-ring (bicyclic) bond motifs is 1. The Morgan fingerprint density at radius 1 is 1.23 bits per heavy atom. The molecule has 0 aliphatic rings. The van der Waals surface area contributed by atoms with Crippen LogP contribution >= 0.6 is 11.8 Å². The van der Waals surface area contributed by atoms with Crippen LogP contribution in [0.25, 0.3) is 10.9 Å². The fourth-order valence-electron chi connectivity index (χ4n) is 2.78. The summed E-state index contributed by atoms with van der Waals surface area (Å²) in [5, 5.41) is 3.56. The Kier molecular flexibility index (Phi) is 5.27. The lowest BCUT2D eigenvalue weighted by Gasteiger charge is -2.10. The third kappa shape index (κ3) is 4.05. The molecule has 4 N–H and O–H groups in total. The number of aromatic amines is 1. The second-order valence-electron chi connectivity index (χ2n) is 5.89. The molecule has 0 saturated heterocycles. The minimum absolute atomic E-state index is 0.115. The number of thioether (sulfide) groups is 1. The first kappa shape index (κ1) is 18.0. The monoisotopic (exact) mass is 371 g/mol. The summed E-state index contributed by atoms with van der Waals surface area (Å²) in [5.41, 5.74) is 8.19. The lowest BCUT2D eigenvalue weighted by molar-refractivity contribution is -0.116. The predicted octanol–water partition coefficient (Wildman–Crippen LogP) is 3.37. The van der Waals surface area contributed by atoms with Crippen LogP contribution in [0, 0.1) is 12.7 Å². The molecule has 2 amide bonds. The molecule has 0 spiro atoms.